The summed E-state index contributed by atoms with van der Waals surface area (Å²) in [5, 5.41) is 17.6. The van der Waals surface area contributed by atoms with Crippen LogP contribution < -0.4 is 5.01 Å². The molecule has 29 heavy (non-hydrogen) atoms. The lowest BCUT2D eigenvalue weighted by Gasteiger charge is -2.18. The Morgan fingerprint density at radius 2 is 1.38 bits per heavy atom. The number of nitrogens with zero attached hydrogens (tertiary/aromatic N) is 3. The lowest BCUT2D eigenvalue weighted by atomic mass is 10.1. The quantitative estimate of drug-likeness (QED) is 0.232. The van der Waals surface area contributed by atoms with Crippen LogP contribution in [-0.2, 0) is 0 Å². The van der Waals surface area contributed by atoms with E-state index in [1.54, 1.807) is 41.6 Å². The summed E-state index contributed by atoms with van der Waals surface area (Å²) in [5.41, 5.74) is 2.24. The molecule has 0 saturated heterocycles. The molecule has 0 atom stereocenters. The maximum Gasteiger partial charge on any atom is 0.280 e. The van der Waals surface area contributed by atoms with Crippen molar-refractivity contribution in [3.63, 3.8) is 0 Å². The fourth-order valence-corrected chi connectivity index (χ4v) is 2.94. The number of furan rings is 1. The predicted molar refractivity (Wildman–Crippen MR) is 113 cm³/mol. The van der Waals surface area contributed by atoms with E-state index >= 15 is 0 Å². The number of benzene rings is 3. The predicted octanol–water partition coefficient (Wildman–Crippen LogP) is 6.03. The molecule has 4 aromatic rings. The number of hydrogen-bond acceptors (Lipinski definition) is 5. The highest BCUT2D eigenvalue weighted by Crippen LogP contribution is 2.31. The fraction of sp³-hybridized carbons (Fsp3) is 0. The van der Waals surface area contributed by atoms with Crippen molar-refractivity contribution in [2.24, 2.45) is 5.10 Å². The van der Waals surface area contributed by atoms with Crippen LogP contribution in [0.1, 0.15) is 5.76 Å². The Balaban J connectivity index is 1.65. The second-order valence-corrected chi connectivity index (χ2v) is 6.20. The smallest absolute Gasteiger partial charge is 0.280 e. The third-order valence-corrected chi connectivity index (χ3v) is 4.29. The summed E-state index contributed by atoms with van der Waals surface area (Å²) in [5.74, 6) is 0.916. The van der Waals surface area contributed by atoms with Gasteiger partial charge in [-0.05, 0) is 42.5 Å². The number of hydrazone groups is 1. The van der Waals surface area contributed by atoms with E-state index in [9.17, 15) is 10.1 Å². The molecule has 1 aromatic heterocycles. The van der Waals surface area contributed by atoms with Crippen LogP contribution >= 0.6 is 0 Å². The van der Waals surface area contributed by atoms with Crippen LogP contribution in [0, 0.1) is 10.1 Å². The van der Waals surface area contributed by atoms with Crippen molar-refractivity contribution in [2.75, 3.05) is 5.01 Å². The van der Waals surface area contributed by atoms with Gasteiger partial charge in [0.15, 0.2) is 0 Å². The Bertz CT molecular complexity index is 1100. The third kappa shape index (κ3) is 4.06. The van der Waals surface area contributed by atoms with Gasteiger partial charge < -0.3 is 4.42 Å². The van der Waals surface area contributed by atoms with Gasteiger partial charge in [0.1, 0.15) is 11.5 Å². The Morgan fingerprint density at radius 3 is 2.00 bits per heavy atom. The second-order valence-electron chi connectivity index (χ2n) is 6.20. The van der Waals surface area contributed by atoms with Gasteiger partial charge in [0.25, 0.3) is 5.69 Å². The molecule has 0 radical (unpaired) electrons. The van der Waals surface area contributed by atoms with E-state index in [-0.39, 0.29) is 5.69 Å². The van der Waals surface area contributed by atoms with Crippen molar-refractivity contribution >= 4 is 23.3 Å². The van der Waals surface area contributed by atoms with E-state index in [0.29, 0.717) is 17.1 Å². The minimum Gasteiger partial charge on any atom is -0.455 e. The van der Waals surface area contributed by atoms with E-state index in [1.807, 2.05) is 60.7 Å². The molecule has 6 nitrogen and oxygen atoms in total. The van der Waals surface area contributed by atoms with Crippen molar-refractivity contribution in [3.05, 3.63) is 113 Å². The number of nitro groups is 1. The van der Waals surface area contributed by atoms with Gasteiger partial charge in [-0.2, -0.15) is 5.10 Å². The number of nitro benzene ring substituents is 1. The maximum atomic E-state index is 11.3. The Hall–Kier alpha value is -4.19. The number of anilines is 2. The molecule has 0 aliphatic carbocycles. The van der Waals surface area contributed by atoms with Crippen molar-refractivity contribution in [1.29, 1.82) is 0 Å². The minimum absolute atomic E-state index is 0.000497. The fourth-order valence-electron chi connectivity index (χ4n) is 2.94. The van der Waals surface area contributed by atoms with Gasteiger partial charge in [0, 0.05) is 6.07 Å². The average Bonchev–Trinajstić information content (AvgIpc) is 3.24. The van der Waals surface area contributed by atoms with Crippen molar-refractivity contribution < 1.29 is 9.34 Å². The molecule has 0 fully saturated rings. The highest BCUT2D eigenvalue weighted by atomic mass is 16.6. The molecule has 0 saturated carbocycles. The molecular weight excluding hydrogens is 366 g/mol. The van der Waals surface area contributed by atoms with Gasteiger partial charge >= 0.3 is 0 Å². The van der Waals surface area contributed by atoms with Crippen LogP contribution in [0.4, 0.5) is 17.1 Å². The Labute approximate surface area is 167 Å². The molecule has 0 aliphatic heterocycles. The molecule has 0 aliphatic rings. The van der Waals surface area contributed by atoms with Crippen LogP contribution in [0.25, 0.3) is 11.3 Å². The first-order valence-corrected chi connectivity index (χ1v) is 9.00. The van der Waals surface area contributed by atoms with Crippen molar-refractivity contribution in [1.82, 2.24) is 0 Å². The molecule has 3 aromatic carbocycles. The number of rotatable bonds is 6. The molecule has 6 heteroatoms. The summed E-state index contributed by atoms with van der Waals surface area (Å²) in [6.45, 7) is 0. The summed E-state index contributed by atoms with van der Waals surface area (Å²) < 4.78 is 5.80. The number of hydrogen-bond donors (Lipinski definition) is 0. The molecule has 142 valence electrons. The first-order chi connectivity index (χ1) is 14.2. The van der Waals surface area contributed by atoms with Gasteiger partial charge in [-0.1, -0.05) is 48.5 Å². The summed E-state index contributed by atoms with van der Waals surface area (Å²) in [6, 6.07) is 29.5. The highest BCUT2D eigenvalue weighted by molar-refractivity contribution is 5.80. The number of para-hydroxylation sites is 3. The van der Waals surface area contributed by atoms with Crippen LogP contribution in [0.2, 0.25) is 0 Å². The standard InChI is InChI=1S/C23H17N3O3/c27-26(28)22-14-8-7-13-21(22)23-16-15-20(29-23)17-24-25(18-9-3-1-4-10-18)19-11-5-2-6-12-19/h1-17H/b24-17+. The summed E-state index contributed by atoms with van der Waals surface area (Å²) in [7, 11) is 0. The zero-order chi connectivity index (χ0) is 20.1. The first kappa shape index (κ1) is 18.2. The summed E-state index contributed by atoms with van der Waals surface area (Å²) >= 11 is 0. The van der Waals surface area contributed by atoms with Crippen molar-refractivity contribution in [2.45, 2.75) is 0 Å². The average molecular weight is 383 g/mol. The van der Waals surface area contributed by atoms with E-state index in [2.05, 4.69) is 5.10 Å². The van der Waals surface area contributed by atoms with E-state index in [1.165, 1.54) is 6.07 Å². The summed E-state index contributed by atoms with van der Waals surface area (Å²) in [4.78, 5) is 10.8. The Morgan fingerprint density at radius 1 is 0.793 bits per heavy atom. The van der Waals surface area contributed by atoms with Gasteiger partial charge in [-0.3, -0.25) is 10.1 Å². The first-order valence-electron chi connectivity index (χ1n) is 9.00. The highest BCUT2D eigenvalue weighted by Gasteiger charge is 2.17. The molecule has 0 N–H and O–H groups in total. The van der Waals surface area contributed by atoms with E-state index in [0.717, 1.165) is 11.4 Å². The van der Waals surface area contributed by atoms with E-state index in [4.69, 9.17) is 4.42 Å². The molecule has 0 spiro atoms. The molecule has 0 unspecified atom stereocenters. The zero-order valence-corrected chi connectivity index (χ0v) is 15.4. The van der Waals surface area contributed by atoms with E-state index < -0.39 is 4.92 Å². The Kier molecular flexibility index (Phi) is 5.16. The lowest BCUT2D eigenvalue weighted by molar-refractivity contribution is -0.384. The van der Waals surface area contributed by atoms with Crippen LogP contribution in [0.5, 0.6) is 0 Å². The van der Waals surface area contributed by atoms with Gasteiger partial charge in [0.05, 0.1) is 28.1 Å². The van der Waals surface area contributed by atoms with Crippen molar-refractivity contribution in [3.8, 4) is 11.3 Å². The van der Waals surface area contributed by atoms with Crippen LogP contribution in [0.15, 0.2) is 107 Å². The third-order valence-electron chi connectivity index (χ3n) is 4.29. The van der Waals surface area contributed by atoms with Gasteiger partial charge in [0.2, 0.25) is 0 Å². The largest absolute Gasteiger partial charge is 0.455 e. The molecule has 0 bridgehead atoms. The van der Waals surface area contributed by atoms with Gasteiger partial charge in [-0.25, -0.2) is 5.01 Å². The topological polar surface area (TPSA) is 71.9 Å². The van der Waals surface area contributed by atoms with Crippen LogP contribution in [0.3, 0.4) is 0 Å². The second kappa shape index (κ2) is 8.22. The lowest BCUT2D eigenvalue weighted by Crippen LogP contribution is -2.08. The zero-order valence-electron chi connectivity index (χ0n) is 15.4. The maximum absolute atomic E-state index is 11.3. The minimum atomic E-state index is -0.418. The van der Waals surface area contributed by atoms with Crippen LogP contribution in [-0.4, -0.2) is 11.1 Å². The molecule has 0 amide bonds. The summed E-state index contributed by atoms with van der Waals surface area (Å²) in [6.07, 6.45) is 1.60. The molecule has 4 rings (SSSR count). The normalized spacial score (nSPS) is 10.9. The molecular formula is C23H17N3O3. The SMILES string of the molecule is O=[N+]([O-])c1ccccc1-c1ccc(/C=N/N(c2ccccc2)c2ccccc2)o1. The molecule has 1 heterocycles. The monoisotopic (exact) mass is 383 g/mol. The van der Waals surface area contributed by atoms with Gasteiger partial charge in [-0.15, -0.1) is 0 Å².